The second-order valence-electron chi connectivity index (χ2n) is 3.98. The van der Waals surface area contributed by atoms with Crippen molar-refractivity contribution in [2.75, 3.05) is 18.0 Å². The third kappa shape index (κ3) is 3.71. The van der Waals surface area contributed by atoms with Gasteiger partial charge >= 0.3 is 0 Å². The van der Waals surface area contributed by atoms with Gasteiger partial charge in [0.2, 0.25) is 0 Å². The third-order valence-corrected chi connectivity index (χ3v) is 3.90. The van der Waals surface area contributed by atoms with Crippen molar-refractivity contribution < 1.29 is 17.5 Å². The maximum absolute atomic E-state index is 12.1. The molecule has 2 rings (SSSR count). The maximum Gasteiger partial charge on any atom is 0.261 e. The summed E-state index contributed by atoms with van der Waals surface area (Å²) < 4.78 is 43.6. The van der Waals surface area contributed by atoms with Crippen molar-refractivity contribution in [1.82, 2.24) is 0 Å². The van der Waals surface area contributed by atoms with Crippen LogP contribution in [0.1, 0.15) is 0 Å². The lowest BCUT2D eigenvalue weighted by atomic mass is 10.3. The number of benzene rings is 2. The van der Waals surface area contributed by atoms with E-state index in [1.807, 2.05) is 0 Å². The van der Waals surface area contributed by atoms with Crippen LogP contribution in [0.25, 0.3) is 0 Å². The molecule has 0 radical (unpaired) electrons. The summed E-state index contributed by atoms with van der Waals surface area (Å²) in [6.45, 7) is -0.586. The Balaban J connectivity index is 2.10. The van der Waals surface area contributed by atoms with Gasteiger partial charge in [-0.3, -0.25) is 4.72 Å². The zero-order chi connectivity index (χ0) is 14.4. The first-order chi connectivity index (χ1) is 9.62. The highest BCUT2D eigenvalue weighted by atomic mass is 32.2. The van der Waals surface area contributed by atoms with E-state index in [4.69, 9.17) is 4.74 Å². The number of anilines is 1. The van der Waals surface area contributed by atoms with Crippen molar-refractivity contribution in [3.63, 3.8) is 0 Å². The van der Waals surface area contributed by atoms with Gasteiger partial charge in [-0.2, -0.15) is 0 Å². The molecule has 0 saturated heterocycles. The van der Waals surface area contributed by atoms with E-state index in [-0.39, 0.29) is 11.5 Å². The summed E-state index contributed by atoms with van der Waals surface area (Å²) in [6.07, 6.45) is 0. The van der Waals surface area contributed by atoms with Crippen LogP contribution in [-0.2, 0) is 10.0 Å². The number of ether oxygens (including phenoxy) is 1. The normalized spacial score (nSPS) is 11.1. The van der Waals surface area contributed by atoms with Gasteiger partial charge < -0.3 is 4.74 Å². The minimum Gasteiger partial charge on any atom is -0.491 e. The van der Waals surface area contributed by atoms with Crippen LogP contribution in [0, 0.1) is 0 Å². The van der Waals surface area contributed by atoms with E-state index >= 15 is 0 Å². The van der Waals surface area contributed by atoms with Crippen molar-refractivity contribution in [3.8, 4) is 5.75 Å². The number of nitrogens with one attached hydrogen (secondary N) is 1. The fraction of sp³-hybridized carbons (Fsp3) is 0.143. The van der Waals surface area contributed by atoms with Gasteiger partial charge in [0.25, 0.3) is 10.0 Å². The molecule has 0 aliphatic rings. The first-order valence-electron chi connectivity index (χ1n) is 5.98. The predicted octanol–water partition coefficient (Wildman–Crippen LogP) is 2.84. The van der Waals surface area contributed by atoms with Crippen LogP contribution in [0.15, 0.2) is 59.5 Å². The van der Waals surface area contributed by atoms with Crippen LogP contribution < -0.4 is 9.46 Å². The first kappa shape index (κ1) is 14.3. The number of sulfonamides is 1. The minimum atomic E-state index is -3.59. The van der Waals surface area contributed by atoms with Crippen molar-refractivity contribution in [2.45, 2.75) is 4.90 Å². The Morgan fingerprint density at radius 1 is 1.00 bits per heavy atom. The molecule has 1 N–H and O–H groups in total. The van der Waals surface area contributed by atoms with Crippen LogP contribution in [0.3, 0.4) is 0 Å². The van der Waals surface area contributed by atoms with Gasteiger partial charge in [-0.15, -0.1) is 0 Å². The summed E-state index contributed by atoms with van der Waals surface area (Å²) in [6, 6.07) is 14.4. The third-order valence-electron chi connectivity index (χ3n) is 2.51. The smallest absolute Gasteiger partial charge is 0.261 e. The van der Waals surface area contributed by atoms with Gasteiger partial charge in [-0.25, -0.2) is 12.8 Å². The molecule has 2 aromatic carbocycles. The Bertz CT molecular complexity index is 642. The summed E-state index contributed by atoms with van der Waals surface area (Å²) >= 11 is 0. The minimum absolute atomic E-state index is 0.0188. The molecular weight excluding hydrogens is 281 g/mol. The lowest BCUT2D eigenvalue weighted by Gasteiger charge is -2.09. The van der Waals surface area contributed by atoms with E-state index in [0.717, 1.165) is 0 Å². The number of hydrogen-bond donors (Lipinski definition) is 1. The SMILES string of the molecule is O=S(=O)(Nc1ccc(OCCF)cc1)c1ccccc1. The average molecular weight is 295 g/mol. The number of halogens is 1. The molecule has 20 heavy (non-hydrogen) atoms. The molecule has 0 amide bonds. The van der Waals surface area contributed by atoms with Crippen molar-refractivity contribution in [2.24, 2.45) is 0 Å². The topological polar surface area (TPSA) is 55.4 Å². The zero-order valence-corrected chi connectivity index (χ0v) is 11.4. The Hall–Kier alpha value is -2.08. The van der Waals surface area contributed by atoms with Gasteiger partial charge in [0, 0.05) is 5.69 Å². The van der Waals surface area contributed by atoms with Gasteiger partial charge in [0.05, 0.1) is 4.90 Å². The number of hydrogen-bond acceptors (Lipinski definition) is 3. The van der Waals surface area contributed by atoms with Crippen LogP contribution in [0.2, 0.25) is 0 Å². The van der Waals surface area contributed by atoms with Gasteiger partial charge in [-0.1, -0.05) is 18.2 Å². The van der Waals surface area contributed by atoms with Crippen molar-refractivity contribution in [1.29, 1.82) is 0 Å². The van der Waals surface area contributed by atoms with Crippen molar-refractivity contribution in [3.05, 3.63) is 54.6 Å². The molecule has 106 valence electrons. The molecular formula is C14H14FNO3S. The highest BCUT2D eigenvalue weighted by Crippen LogP contribution is 2.19. The highest BCUT2D eigenvalue weighted by Gasteiger charge is 2.13. The lowest BCUT2D eigenvalue weighted by molar-refractivity contribution is 0.273. The molecule has 0 atom stereocenters. The monoisotopic (exact) mass is 295 g/mol. The molecule has 4 nitrogen and oxygen atoms in total. The standard InChI is InChI=1S/C14H14FNO3S/c15-10-11-19-13-8-6-12(7-9-13)16-20(17,18)14-4-2-1-3-5-14/h1-9,16H,10-11H2. The molecule has 0 aliphatic carbocycles. The van der Waals surface area contributed by atoms with E-state index < -0.39 is 16.7 Å². The van der Waals surface area contributed by atoms with E-state index in [2.05, 4.69) is 4.72 Å². The van der Waals surface area contributed by atoms with Crippen LogP contribution in [0.4, 0.5) is 10.1 Å². The molecule has 0 unspecified atom stereocenters. The summed E-state index contributed by atoms with van der Waals surface area (Å²) in [5, 5.41) is 0. The predicted molar refractivity (Wildman–Crippen MR) is 75.2 cm³/mol. The van der Waals surface area contributed by atoms with E-state index in [1.165, 1.54) is 12.1 Å². The molecule has 6 heteroatoms. The zero-order valence-electron chi connectivity index (χ0n) is 10.6. The van der Waals surface area contributed by atoms with E-state index in [1.54, 1.807) is 42.5 Å². The van der Waals surface area contributed by atoms with Crippen LogP contribution >= 0.6 is 0 Å². The quantitative estimate of drug-likeness (QED) is 0.891. The second-order valence-corrected chi connectivity index (χ2v) is 5.66. The Morgan fingerprint density at radius 2 is 1.65 bits per heavy atom. The summed E-state index contributed by atoms with van der Waals surface area (Å²) in [7, 11) is -3.59. The summed E-state index contributed by atoms with van der Waals surface area (Å²) in [5.41, 5.74) is 0.418. The van der Waals surface area contributed by atoms with Crippen molar-refractivity contribution >= 4 is 15.7 Å². The molecule has 0 spiro atoms. The maximum atomic E-state index is 12.1. The Morgan fingerprint density at radius 3 is 2.25 bits per heavy atom. The lowest BCUT2D eigenvalue weighted by Crippen LogP contribution is -2.12. The summed E-state index contributed by atoms with van der Waals surface area (Å²) in [5.74, 6) is 0.491. The molecule has 0 heterocycles. The molecule has 0 saturated carbocycles. The fourth-order valence-corrected chi connectivity index (χ4v) is 2.67. The largest absolute Gasteiger partial charge is 0.491 e. The average Bonchev–Trinajstić information content (AvgIpc) is 2.47. The van der Waals surface area contributed by atoms with Gasteiger partial charge in [0.1, 0.15) is 19.0 Å². The van der Waals surface area contributed by atoms with Gasteiger partial charge in [0.15, 0.2) is 0 Å². The first-order valence-corrected chi connectivity index (χ1v) is 7.47. The van der Waals surface area contributed by atoms with E-state index in [9.17, 15) is 12.8 Å². The van der Waals surface area contributed by atoms with Crippen LogP contribution in [-0.4, -0.2) is 21.7 Å². The second kappa shape index (κ2) is 6.38. The Kier molecular flexibility index (Phi) is 4.57. The number of alkyl halides is 1. The molecule has 0 bridgehead atoms. The van der Waals surface area contributed by atoms with Crippen LogP contribution in [0.5, 0.6) is 5.75 Å². The highest BCUT2D eigenvalue weighted by molar-refractivity contribution is 7.92. The summed E-state index contributed by atoms with van der Waals surface area (Å²) in [4.78, 5) is 0.192. The molecule has 0 aliphatic heterocycles. The number of rotatable bonds is 6. The molecule has 0 fully saturated rings. The molecule has 2 aromatic rings. The molecule has 0 aromatic heterocycles. The van der Waals surface area contributed by atoms with E-state index in [0.29, 0.717) is 11.4 Å². The van der Waals surface area contributed by atoms with Gasteiger partial charge in [-0.05, 0) is 36.4 Å². The fourth-order valence-electron chi connectivity index (χ4n) is 1.59. The Labute approximate surface area is 117 Å².